The molecule has 2 rings (SSSR count). The van der Waals surface area contributed by atoms with Gasteiger partial charge in [-0.2, -0.15) is 0 Å². The lowest BCUT2D eigenvalue weighted by molar-refractivity contribution is -0.120. The molecule has 0 aliphatic carbocycles. The maximum absolute atomic E-state index is 11.1. The highest BCUT2D eigenvalue weighted by atomic mass is 32.2. The van der Waals surface area contributed by atoms with Crippen LogP contribution in [0.5, 0.6) is 0 Å². The van der Waals surface area contributed by atoms with Gasteiger partial charge in [0.25, 0.3) is 0 Å². The van der Waals surface area contributed by atoms with Gasteiger partial charge < -0.3 is 5.32 Å². The zero-order valence-electron chi connectivity index (χ0n) is 11.4. The summed E-state index contributed by atoms with van der Waals surface area (Å²) in [6.45, 7) is 4.41. The van der Waals surface area contributed by atoms with Crippen molar-refractivity contribution in [1.29, 1.82) is 0 Å². The molecule has 1 saturated heterocycles. The Morgan fingerprint density at radius 1 is 1.53 bits per heavy atom. The number of carbonyl (C=O) groups is 1. The van der Waals surface area contributed by atoms with Crippen LogP contribution in [-0.4, -0.2) is 46.2 Å². The molecule has 1 aliphatic heterocycles. The number of hydrogen-bond donors (Lipinski definition) is 1. The summed E-state index contributed by atoms with van der Waals surface area (Å²) in [7, 11) is 0. The Morgan fingerprint density at radius 2 is 2.26 bits per heavy atom. The van der Waals surface area contributed by atoms with Gasteiger partial charge in [0, 0.05) is 44.0 Å². The number of piperidine rings is 1. The number of nitrogens with zero attached hydrogens (tertiary/aromatic N) is 3. The smallest absolute Gasteiger partial charge is 0.217 e. The maximum atomic E-state index is 11.1. The fourth-order valence-electron chi connectivity index (χ4n) is 2.39. The molecule has 0 saturated carbocycles. The monoisotopic (exact) mass is 280 g/mol. The molecule has 1 aliphatic rings. The Morgan fingerprint density at radius 3 is 2.89 bits per heavy atom. The minimum Gasteiger partial charge on any atom is -0.352 e. The van der Waals surface area contributed by atoms with E-state index in [0.29, 0.717) is 0 Å². The van der Waals surface area contributed by atoms with E-state index >= 15 is 0 Å². The molecule has 1 fully saturated rings. The average Bonchev–Trinajstić information content (AvgIpc) is 2.39. The van der Waals surface area contributed by atoms with Gasteiger partial charge in [-0.15, -0.1) is 0 Å². The van der Waals surface area contributed by atoms with Crippen LogP contribution in [0.3, 0.4) is 0 Å². The lowest BCUT2D eigenvalue weighted by Crippen LogP contribution is -2.46. The van der Waals surface area contributed by atoms with Crippen molar-refractivity contribution in [3.05, 3.63) is 18.0 Å². The van der Waals surface area contributed by atoms with Gasteiger partial charge in [0.1, 0.15) is 0 Å². The molecule has 19 heavy (non-hydrogen) atoms. The number of amides is 1. The number of rotatable bonds is 4. The largest absolute Gasteiger partial charge is 0.352 e. The molecule has 1 aromatic heterocycles. The van der Waals surface area contributed by atoms with Crippen LogP contribution < -0.4 is 5.32 Å². The second-order valence-electron chi connectivity index (χ2n) is 4.85. The fraction of sp³-hybridized carbons (Fsp3) is 0.615. The summed E-state index contributed by atoms with van der Waals surface area (Å²) in [6, 6.07) is 0.276. The molecule has 0 aromatic carbocycles. The third-order valence-corrected chi connectivity index (χ3v) is 3.76. The predicted molar refractivity (Wildman–Crippen MR) is 75.9 cm³/mol. The zero-order valence-corrected chi connectivity index (χ0v) is 12.2. The third kappa shape index (κ3) is 4.47. The van der Waals surface area contributed by atoms with Crippen LogP contribution in [0.2, 0.25) is 0 Å². The van der Waals surface area contributed by atoms with E-state index in [9.17, 15) is 4.79 Å². The van der Waals surface area contributed by atoms with E-state index in [-0.39, 0.29) is 11.9 Å². The summed E-state index contributed by atoms with van der Waals surface area (Å²) in [6.07, 6.45) is 7.94. The van der Waals surface area contributed by atoms with Crippen molar-refractivity contribution in [2.45, 2.75) is 37.5 Å². The minimum atomic E-state index is 0.0551. The van der Waals surface area contributed by atoms with Gasteiger partial charge in [0.15, 0.2) is 5.16 Å². The third-order valence-electron chi connectivity index (χ3n) is 3.18. The number of thioether (sulfide) groups is 1. The molecule has 1 amide bonds. The summed E-state index contributed by atoms with van der Waals surface area (Å²) in [5.41, 5.74) is 1.13. The first-order valence-corrected chi connectivity index (χ1v) is 7.74. The van der Waals surface area contributed by atoms with E-state index in [1.54, 1.807) is 18.7 Å². The van der Waals surface area contributed by atoms with E-state index in [0.717, 1.165) is 43.2 Å². The normalized spacial score (nSPS) is 20.2. The summed E-state index contributed by atoms with van der Waals surface area (Å²) in [5, 5.41) is 3.80. The van der Waals surface area contributed by atoms with E-state index in [2.05, 4.69) is 20.2 Å². The number of aromatic nitrogens is 2. The van der Waals surface area contributed by atoms with Gasteiger partial charge in [0.05, 0.1) is 0 Å². The highest BCUT2D eigenvalue weighted by Gasteiger charge is 2.20. The summed E-state index contributed by atoms with van der Waals surface area (Å²) in [5.74, 6) is 0.0551. The van der Waals surface area contributed by atoms with Crippen LogP contribution in [0.25, 0.3) is 0 Å². The number of nitrogens with one attached hydrogen (secondary N) is 1. The zero-order chi connectivity index (χ0) is 13.7. The number of likely N-dealkylation sites (tertiary alicyclic amines) is 1. The quantitative estimate of drug-likeness (QED) is 0.665. The van der Waals surface area contributed by atoms with Gasteiger partial charge in [-0.1, -0.05) is 11.8 Å². The number of hydrogen-bond acceptors (Lipinski definition) is 5. The number of carbonyl (C=O) groups excluding carboxylic acids is 1. The van der Waals surface area contributed by atoms with Gasteiger partial charge >= 0.3 is 0 Å². The van der Waals surface area contributed by atoms with Crippen LogP contribution in [0.15, 0.2) is 17.6 Å². The Labute approximate surface area is 118 Å². The minimum absolute atomic E-state index is 0.0551. The first-order valence-electron chi connectivity index (χ1n) is 6.51. The van der Waals surface area contributed by atoms with Crippen LogP contribution in [0.1, 0.15) is 25.3 Å². The van der Waals surface area contributed by atoms with E-state index < -0.39 is 0 Å². The van der Waals surface area contributed by atoms with Gasteiger partial charge in [-0.25, -0.2) is 9.97 Å². The van der Waals surface area contributed by atoms with E-state index in [4.69, 9.17) is 0 Å². The molecule has 2 heterocycles. The molecule has 0 bridgehead atoms. The second kappa shape index (κ2) is 6.86. The molecule has 0 unspecified atom stereocenters. The average molecular weight is 280 g/mol. The molecule has 1 N–H and O–H groups in total. The molecular formula is C13H20N4OS. The first kappa shape index (κ1) is 14.3. The summed E-state index contributed by atoms with van der Waals surface area (Å²) < 4.78 is 0. The van der Waals surface area contributed by atoms with Crippen molar-refractivity contribution in [2.75, 3.05) is 19.3 Å². The van der Waals surface area contributed by atoms with Gasteiger partial charge in [-0.05, 0) is 25.6 Å². The molecule has 6 heteroatoms. The van der Waals surface area contributed by atoms with Crippen LogP contribution in [-0.2, 0) is 11.3 Å². The van der Waals surface area contributed by atoms with Crippen LogP contribution in [0.4, 0.5) is 0 Å². The summed E-state index contributed by atoms with van der Waals surface area (Å²) >= 11 is 1.55. The second-order valence-corrected chi connectivity index (χ2v) is 5.63. The fourth-order valence-corrected chi connectivity index (χ4v) is 2.71. The summed E-state index contributed by atoms with van der Waals surface area (Å²) in [4.78, 5) is 22.0. The molecule has 0 spiro atoms. The van der Waals surface area contributed by atoms with Crippen molar-refractivity contribution < 1.29 is 4.79 Å². The van der Waals surface area contributed by atoms with Crippen LogP contribution >= 0.6 is 11.8 Å². The maximum Gasteiger partial charge on any atom is 0.217 e. The molecule has 104 valence electrons. The standard InChI is InChI=1S/C13H20N4OS/c1-10(18)16-12-4-3-5-17(9-12)8-11-6-14-13(19-2)15-7-11/h6-7,12H,3-5,8-9H2,1-2H3,(H,16,18)/t12-/m1/s1. The van der Waals surface area contributed by atoms with Crippen molar-refractivity contribution in [2.24, 2.45) is 0 Å². The Balaban J connectivity index is 1.88. The highest BCUT2D eigenvalue weighted by molar-refractivity contribution is 7.98. The van der Waals surface area contributed by atoms with E-state index in [1.807, 2.05) is 18.6 Å². The van der Waals surface area contributed by atoms with E-state index in [1.165, 1.54) is 0 Å². The topological polar surface area (TPSA) is 58.1 Å². The Bertz CT molecular complexity index is 423. The Hall–Kier alpha value is -1.14. The molecule has 0 radical (unpaired) electrons. The molecular weight excluding hydrogens is 260 g/mol. The van der Waals surface area contributed by atoms with Crippen molar-refractivity contribution >= 4 is 17.7 Å². The van der Waals surface area contributed by atoms with Gasteiger partial charge in [0.2, 0.25) is 5.91 Å². The molecule has 1 aromatic rings. The predicted octanol–water partition coefficient (Wildman–Crippen LogP) is 1.30. The molecule has 5 nitrogen and oxygen atoms in total. The lowest BCUT2D eigenvalue weighted by Gasteiger charge is -2.32. The van der Waals surface area contributed by atoms with Crippen molar-refractivity contribution in [3.63, 3.8) is 0 Å². The first-order chi connectivity index (χ1) is 9.17. The van der Waals surface area contributed by atoms with Crippen LogP contribution in [0, 0.1) is 0 Å². The highest BCUT2D eigenvalue weighted by Crippen LogP contribution is 2.14. The van der Waals surface area contributed by atoms with Gasteiger partial charge in [-0.3, -0.25) is 9.69 Å². The Kier molecular flexibility index (Phi) is 5.15. The van der Waals surface area contributed by atoms with Crippen molar-refractivity contribution in [3.8, 4) is 0 Å². The SMILES string of the molecule is CSc1ncc(CN2CCC[C@@H](NC(C)=O)C2)cn1. The van der Waals surface area contributed by atoms with Crippen molar-refractivity contribution in [1.82, 2.24) is 20.2 Å². The molecule has 1 atom stereocenters. The lowest BCUT2D eigenvalue weighted by atomic mass is 10.1.